The first kappa shape index (κ1) is 19.6. The van der Waals surface area contributed by atoms with Crippen LogP contribution in [0.1, 0.15) is 24.8 Å². The van der Waals surface area contributed by atoms with E-state index >= 15 is 0 Å². The maximum absolute atomic E-state index is 12.4. The molecule has 0 saturated carbocycles. The summed E-state index contributed by atoms with van der Waals surface area (Å²) in [5.41, 5.74) is 3.24. The predicted molar refractivity (Wildman–Crippen MR) is 124 cm³/mol. The van der Waals surface area contributed by atoms with Gasteiger partial charge in [0.15, 0.2) is 4.96 Å². The van der Waals surface area contributed by atoms with Crippen LogP contribution in [-0.4, -0.2) is 26.7 Å². The van der Waals surface area contributed by atoms with Gasteiger partial charge in [-0.2, -0.15) is 0 Å². The highest BCUT2D eigenvalue weighted by Crippen LogP contribution is 2.27. The molecule has 0 radical (unpaired) electrons. The van der Waals surface area contributed by atoms with E-state index in [1.807, 2.05) is 24.0 Å². The first-order valence-corrected chi connectivity index (χ1v) is 11.3. The van der Waals surface area contributed by atoms with E-state index in [-0.39, 0.29) is 5.91 Å². The standard InChI is InChI=1S/C25H23N3O2S/c1-2-24(29)27(15-22-8-5-13-30-22)12-11-21-17-31-25-26-23(16-28(21)25)20-10-9-18-6-3-4-7-19(18)14-20/h3-10,13-14,16-17H,2,11-12,15H2,1H3. The normalized spacial score (nSPS) is 11.4. The summed E-state index contributed by atoms with van der Waals surface area (Å²) >= 11 is 1.63. The van der Waals surface area contributed by atoms with Crippen molar-refractivity contribution in [2.24, 2.45) is 0 Å². The molecule has 31 heavy (non-hydrogen) atoms. The molecule has 5 nitrogen and oxygen atoms in total. The van der Waals surface area contributed by atoms with E-state index in [1.165, 1.54) is 10.8 Å². The van der Waals surface area contributed by atoms with E-state index in [0.717, 1.165) is 34.1 Å². The SMILES string of the molecule is CCC(=O)N(CCc1csc2nc(-c3ccc4ccccc4c3)cn12)Cc1ccco1. The molecule has 3 aromatic heterocycles. The van der Waals surface area contributed by atoms with Crippen LogP contribution in [0.15, 0.2) is 76.9 Å². The molecule has 0 aliphatic carbocycles. The van der Waals surface area contributed by atoms with Crippen molar-refractivity contribution in [3.8, 4) is 11.3 Å². The summed E-state index contributed by atoms with van der Waals surface area (Å²) in [6, 6.07) is 18.6. The highest BCUT2D eigenvalue weighted by molar-refractivity contribution is 7.15. The Morgan fingerprint density at radius 3 is 2.81 bits per heavy atom. The number of aromatic nitrogens is 2. The summed E-state index contributed by atoms with van der Waals surface area (Å²) in [7, 11) is 0. The zero-order valence-corrected chi connectivity index (χ0v) is 18.1. The van der Waals surface area contributed by atoms with Crippen LogP contribution < -0.4 is 0 Å². The van der Waals surface area contributed by atoms with Crippen LogP contribution in [0, 0.1) is 0 Å². The summed E-state index contributed by atoms with van der Waals surface area (Å²) < 4.78 is 7.59. The van der Waals surface area contributed by atoms with Gasteiger partial charge in [0.25, 0.3) is 0 Å². The fourth-order valence-corrected chi connectivity index (χ4v) is 4.76. The molecule has 5 rings (SSSR count). The molecule has 1 amide bonds. The number of fused-ring (bicyclic) bond motifs is 2. The van der Waals surface area contributed by atoms with Crippen molar-refractivity contribution in [3.05, 3.63) is 83.9 Å². The van der Waals surface area contributed by atoms with Crippen LogP contribution in [0.3, 0.4) is 0 Å². The molecule has 0 aliphatic rings. The van der Waals surface area contributed by atoms with E-state index in [9.17, 15) is 4.79 Å². The number of furan rings is 1. The molecule has 6 heteroatoms. The van der Waals surface area contributed by atoms with E-state index < -0.39 is 0 Å². The first-order chi connectivity index (χ1) is 15.2. The molecule has 0 fully saturated rings. The number of hydrogen-bond donors (Lipinski definition) is 0. The van der Waals surface area contributed by atoms with E-state index in [4.69, 9.17) is 9.40 Å². The molecule has 0 atom stereocenters. The average molecular weight is 430 g/mol. The number of amides is 1. The van der Waals surface area contributed by atoms with Crippen LogP contribution in [0.4, 0.5) is 0 Å². The highest BCUT2D eigenvalue weighted by Gasteiger charge is 2.16. The second-order valence-electron chi connectivity index (χ2n) is 7.57. The van der Waals surface area contributed by atoms with Gasteiger partial charge in [0.05, 0.1) is 18.5 Å². The van der Waals surface area contributed by atoms with Crippen molar-refractivity contribution in [1.29, 1.82) is 0 Å². The molecule has 0 saturated heterocycles. The minimum Gasteiger partial charge on any atom is -0.467 e. The minimum absolute atomic E-state index is 0.130. The maximum atomic E-state index is 12.4. The van der Waals surface area contributed by atoms with Gasteiger partial charge < -0.3 is 9.32 Å². The van der Waals surface area contributed by atoms with Crippen LogP contribution in [0.2, 0.25) is 0 Å². The van der Waals surface area contributed by atoms with Crippen molar-refractivity contribution in [2.45, 2.75) is 26.3 Å². The molecule has 156 valence electrons. The third-order valence-electron chi connectivity index (χ3n) is 5.55. The summed E-state index contributed by atoms with van der Waals surface area (Å²) in [5, 5.41) is 4.57. The van der Waals surface area contributed by atoms with Gasteiger partial charge in [-0.1, -0.05) is 43.3 Å². The Hall–Kier alpha value is -3.38. The molecule has 2 aromatic carbocycles. The lowest BCUT2D eigenvalue weighted by atomic mass is 10.1. The summed E-state index contributed by atoms with van der Waals surface area (Å²) in [5.74, 6) is 0.934. The second kappa shape index (κ2) is 8.40. The van der Waals surface area contributed by atoms with Gasteiger partial charge in [-0.05, 0) is 29.0 Å². The number of thiazole rings is 1. The van der Waals surface area contributed by atoms with Gasteiger partial charge in [0.2, 0.25) is 5.91 Å². The monoisotopic (exact) mass is 429 g/mol. The fourth-order valence-electron chi connectivity index (χ4n) is 3.85. The van der Waals surface area contributed by atoms with Crippen molar-refractivity contribution in [1.82, 2.24) is 14.3 Å². The Labute approximate surface area is 184 Å². The number of carbonyl (C=O) groups is 1. The number of nitrogens with zero attached hydrogens (tertiary/aromatic N) is 3. The van der Waals surface area contributed by atoms with Gasteiger partial charge >= 0.3 is 0 Å². The van der Waals surface area contributed by atoms with Gasteiger partial charge in [-0.15, -0.1) is 11.3 Å². The molecular weight excluding hydrogens is 406 g/mol. The lowest BCUT2D eigenvalue weighted by Gasteiger charge is -2.21. The topological polar surface area (TPSA) is 50.8 Å². The van der Waals surface area contributed by atoms with Crippen LogP contribution in [-0.2, 0) is 17.8 Å². The van der Waals surface area contributed by atoms with E-state index in [2.05, 4.69) is 58.4 Å². The Morgan fingerprint density at radius 1 is 1.13 bits per heavy atom. The number of imidazole rings is 1. The number of rotatable bonds is 7. The lowest BCUT2D eigenvalue weighted by Crippen LogP contribution is -2.31. The minimum atomic E-state index is 0.130. The number of benzene rings is 2. The Morgan fingerprint density at radius 2 is 2.00 bits per heavy atom. The second-order valence-corrected chi connectivity index (χ2v) is 8.40. The Balaban J connectivity index is 1.37. The zero-order valence-electron chi connectivity index (χ0n) is 17.3. The summed E-state index contributed by atoms with van der Waals surface area (Å²) in [6.45, 7) is 3.04. The van der Waals surface area contributed by atoms with E-state index in [0.29, 0.717) is 19.5 Å². The molecule has 3 heterocycles. The third kappa shape index (κ3) is 3.99. The summed E-state index contributed by atoms with van der Waals surface area (Å²) in [4.78, 5) is 20.1. The number of hydrogen-bond acceptors (Lipinski definition) is 4. The van der Waals surface area contributed by atoms with Crippen LogP contribution >= 0.6 is 11.3 Å². The largest absolute Gasteiger partial charge is 0.467 e. The van der Waals surface area contributed by atoms with Crippen LogP contribution in [0.5, 0.6) is 0 Å². The molecule has 5 aromatic rings. The molecule has 0 aliphatic heterocycles. The smallest absolute Gasteiger partial charge is 0.222 e. The predicted octanol–water partition coefficient (Wildman–Crippen LogP) is 5.79. The first-order valence-electron chi connectivity index (χ1n) is 10.5. The quantitative estimate of drug-likeness (QED) is 0.329. The Kier molecular flexibility index (Phi) is 5.30. The average Bonchev–Trinajstić information content (AvgIpc) is 3.54. The number of carbonyl (C=O) groups excluding carboxylic acids is 1. The summed E-state index contributed by atoms with van der Waals surface area (Å²) in [6.07, 6.45) is 4.99. The van der Waals surface area contributed by atoms with Crippen molar-refractivity contribution >= 4 is 33.0 Å². The molecule has 0 bridgehead atoms. The van der Waals surface area contributed by atoms with Gasteiger partial charge in [-0.25, -0.2) is 4.98 Å². The molecule has 0 N–H and O–H groups in total. The zero-order chi connectivity index (χ0) is 21.2. The fraction of sp³-hybridized carbons (Fsp3) is 0.200. The van der Waals surface area contributed by atoms with Gasteiger partial charge in [0.1, 0.15) is 5.76 Å². The van der Waals surface area contributed by atoms with Crippen molar-refractivity contribution in [2.75, 3.05) is 6.54 Å². The molecule has 0 unspecified atom stereocenters. The maximum Gasteiger partial charge on any atom is 0.222 e. The molecular formula is C25H23N3O2S. The molecule has 0 spiro atoms. The van der Waals surface area contributed by atoms with Crippen molar-refractivity contribution < 1.29 is 9.21 Å². The lowest BCUT2D eigenvalue weighted by molar-refractivity contribution is -0.131. The Bertz CT molecular complexity index is 1330. The van der Waals surface area contributed by atoms with E-state index in [1.54, 1.807) is 17.6 Å². The van der Waals surface area contributed by atoms with Gasteiger partial charge in [-0.3, -0.25) is 9.20 Å². The van der Waals surface area contributed by atoms with Crippen molar-refractivity contribution in [3.63, 3.8) is 0 Å². The third-order valence-corrected chi connectivity index (χ3v) is 6.44. The highest BCUT2D eigenvalue weighted by atomic mass is 32.1. The van der Waals surface area contributed by atoms with Gasteiger partial charge in [0, 0.05) is 42.2 Å². The van der Waals surface area contributed by atoms with Crippen LogP contribution in [0.25, 0.3) is 27.0 Å².